The highest BCUT2D eigenvalue weighted by molar-refractivity contribution is 5.22. The van der Waals surface area contributed by atoms with E-state index < -0.39 is 0 Å². The van der Waals surface area contributed by atoms with E-state index in [0.29, 0.717) is 22.6 Å². The maximum atomic E-state index is 11.6. The molecule has 1 N–H and O–H groups in total. The number of hydrogen-bond acceptors (Lipinski definition) is 5. The minimum Gasteiger partial charge on any atom is -0.509 e. The fraction of sp³-hybridized carbons (Fsp3) is 0.588. The Morgan fingerprint density at radius 2 is 1.73 bits per heavy atom. The summed E-state index contributed by atoms with van der Waals surface area (Å²) in [5.41, 5.74) is 1.24. The number of aliphatic hydroxyl groups is 1. The zero-order chi connectivity index (χ0) is 17.9. The Kier molecular flexibility index (Phi) is 12.1. The van der Waals surface area contributed by atoms with E-state index in [1.807, 2.05) is 20.8 Å². The molecule has 0 aliphatic carbocycles. The molecule has 5 nitrogen and oxygen atoms in total. The largest absolute Gasteiger partial charge is 0.509 e. The van der Waals surface area contributed by atoms with Gasteiger partial charge >= 0.3 is 0 Å². The summed E-state index contributed by atoms with van der Waals surface area (Å²) in [6.07, 6.45) is 1.26. The smallest absolute Gasteiger partial charge is 0.193 e. The first-order chi connectivity index (χ1) is 10.3. The van der Waals surface area contributed by atoms with Crippen LogP contribution in [0.3, 0.4) is 0 Å². The van der Waals surface area contributed by atoms with Crippen LogP contribution in [0.1, 0.15) is 57.6 Å². The molecule has 0 bridgehead atoms. The molecule has 1 atom stereocenters. The first-order valence-electron chi connectivity index (χ1n) is 7.28. The number of rotatable bonds is 3. The summed E-state index contributed by atoms with van der Waals surface area (Å²) in [6.45, 7) is 12.6. The molecular formula is C17H30O5. The minimum absolute atomic E-state index is 0.0121. The van der Waals surface area contributed by atoms with Gasteiger partial charge in [-0.2, -0.15) is 0 Å². The van der Waals surface area contributed by atoms with Crippen molar-refractivity contribution < 1.29 is 19.0 Å². The van der Waals surface area contributed by atoms with Crippen LogP contribution in [0.2, 0.25) is 0 Å². The molecule has 0 aliphatic rings. The van der Waals surface area contributed by atoms with Gasteiger partial charge in [0, 0.05) is 12.7 Å². The first kappa shape index (κ1) is 22.5. The molecule has 1 aromatic heterocycles. The first-order valence-corrected chi connectivity index (χ1v) is 7.28. The predicted octanol–water partition coefficient (Wildman–Crippen LogP) is 4.43. The van der Waals surface area contributed by atoms with Crippen LogP contribution in [-0.2, 0) is 9.47 Å². The van der Waals surface area contributed by atoms with Crippen LogP contribution >= 0.6 is 0 Å². The zero-order valence-corrected chi connectivity index (χ0v) is 15.2. The number of allylic oxidation sites excluding steroid dienone is 2. The molecule has 128 valence electrons. The Balaban J connectivity index is 0. The average molecular weight is 314 g/mol. The van der Waals surface area contributed by atoms with E-state index in [1.165, 1.54) is 13.4 Å². The molecule has 22 heavy (non-hydrogen) atoms. The summed E-state index contributed by atoms with van der Waals surface area (Å²) in [6, 6.07) is 0. The number of aliphatic hydroxyl groups excluding tert-OH is 1. The molecule has 0 fully saturated rings. The molecule has 0 saturated heterocycles. The summed E-state index contributed by atoms with van der Waals surface area (Å²) < 4.78 is 14.9. The van der Waals surface area contributed by atoms with Gasteiger partial charge in [0.05, 0.1) is 18.8 Å². The Labute approximate surface area is 133 Å². The van der Waals surface area contributed by atoms with Crippen LogP contribution in [0.15, 0.2) is 27.0 Å². The number of methoxy groups -OCH3 is 2. The van der Waals surface area contributed by atoms with Gasteiger partial charge in [0.25, 0.3) is 0 Å². The van der Waals surface area contributed by atoms with Gasteiger partial charge in [0.1, 0.15) is 23.5 Å². The Morgan fingerprint density at radius 3 is 2.05 bits per heavy atom. The lowest BCUT2D eigenvalue weighted by molar-refractivity contribution is 0.116. The van der Waals surface area contributed by atoms with Gasteiger partial charge in [-0.25, -0.2) is 0 Å². The quantitative estimate of drug-likeness (QED) is 0.836. The Morgan fingerprint density at radius 1 is 1.23 bits per heavy atom. The van der Waals surface area contributed by atoms with Crippen molar-refractivity contribution >= 4 is 0 Å². The van der Waals surface area contributed by atoms with Crippen molar-refractivity contribution in [1.82, 2.24) is 0 Å². The molecule has 0 radical (unpaired) electrons. The zero-order valence-electron chi connectivity index (χ0n) is 15.2. The predicted molar refractivity (Wildman–Crippen MR) is 89.2 cm³/mol. The van der Waals surface area contributed by atoms with Crippen molar-refractivity contribution in [3.8, 4) is 0 Å². The molecule has 0 spiro atoms. The van der Waals surface area contributed by atoms with Crippen LogP contribution in [-0.4, -0.2) is 19.3 Å². The van der Waals surface area contributed by atoms with Crippen LogP contribution < -0.4 is 5.43 Å². The lowest BCUT2D eigenvalue weighted by atomic mass is 10.1. The fourth-order valence-corrected chi connectivity index (χ4v) is 1.23. The molecule has 0 aliphatic heterocycles. The topological polar surface area (TPSA) is 68.9 Å². The summed E-state index contributed by atoms with van der Waals surface area (Å²) in [4.78, 5) is 11.6. The van der Waals surface area contributed by atoms with Gasteiger partial charge in [-0.3, -0.25) is 4.79 Å². The van der Waals surface area contributed by atoms with Crippen LogP contribution in [0.4, 0.5) is 0 Å². The van der Waals surface area contributed by atoms with Crippen LogP contribution in [0.25, 0.3) is 0 Å². The molecule has 5 heteroatoms. The number of hydrogen-bond donors (Lipinski definition) is 1. The second kappa shape index (κ2) is 11.9. The standard InChI is InChI=1S/C10H14O3.C5H10O2.C2H6/c1-6-7(2)13-5-9(10(6)11)8(3)12-4;1-4(6)5(2)7-3;1-2/h5,8H,1-4H3;6H,1-3H3;1-2H3/b;5-4-;. The Hall–Kier alpha value is -1.75. The summed E-state index contributed by atoms with van der Waals surface area (Å²) in [5, 5.41) is 8.58. The van der Waals surface area contributed by atoms with Crippen molar-refractivity contribution in [2.24, 2.45) is 0 Å². The van der Waals surface area contributed by atoms with E-state index in [1.54, 1.807) is 34.8 Å². The third kappa shape index (κ3) is 7.31. The second-order valence-electron chi connectivity index (χ2n) is 4.43. The lowest BCUT2D eigenvalue weighted by Gasteiger charge is -2.09. The van der Waals surface area contributed by atoms with Crippen LogP contribution in [0.5, 0.6) is 0 Å². The van der Waals surface area contributed by atoms with E-state index in [0.717, 1.165) is 0 Å². The maximum Gasteiger partial charge on any atom is 0.193 e. The van der Waals surface area contributed by atoms with Crippen molar-refractivity contribution in [1.29, 1.82) is 0 Å². The van der Waals surface area contributed by atoms with Crippen molar-refractivity contribution in [3.05, 3.63) is 44.9 Å². The van der Waals surface area contributed by atoms with Gasteiger partial charge < -0.3 is 19.0 Å². The average Bonchev–Trinajstić information content (AvgIpc) is 2.53. The van der Waals surface area contributed by atoms with E-state index in [4.69, 9.17) is 14.3 Å². The normalized spacial score (nSPS) is 12.0. The monoisotopic (exact) mass is 314 g/mol. The van der Waals surface area contributed by atoms with Gasteiger partial charge in [-0.05, 0) is 34.6 Å². The van der Waals surface area contributed by atoms with Crippen molar-refractivity contribution in [3.63, 3.8) is 0 Å². The van der Waals surface area contributed by atoms with E-state index >= 15 is 0 Å². The van der Waals surface area contributed by atoms with Crippen molar-refractivity contribution in [2.75, 3.05) is 14.2 Å². The Bertz CT molecular complexity index is 510. The molecule has 1 aromatic rings. The third-order valence-corrected chi connectivity index (χ3v) is 3.10. The SMILES string of the molecule is CC.CO/C(C)=C(/C)O.COC(C)c1coc(C)c(C)c1=O. The van der Waals surface area contributed by atoms with Gasteiger partial charge in [-0.15, -0.1) is 0 Å². The van der Waals surface area contributed by atoms with E-state index in [-0.39, 0.29) is 17.3 Å². The fourth-order valence-electron chi connectivity index (χ4n) is 1.23. The molecule has 0 saturated carbocycles. The van der Waals surface area contributed by atoms with Crippen molar-refractivity contribution in [2.45, 2.75) is 54.6 Å². The minimum atomic E-state index is -0.212. The molecular weight excluding hydrogens is 284 g/mol. The van der Waals surface area contributed by atoms with Gasteiger partial charge in [-0.1, -0.05) is 13.8 Å². The summed E-state index contributed by atoms with van der Waals surface area (Å²) in [5.74, 6) is 1.47. The van der Waals surface area contributed by atoms with Crippen LogP contribution in [0, 0.1) is 13.8 Å². The van der Waals surface area contributed by atoms with Gasteiger partial charge in [0.15, 0.2) is 5.43 Å². The number of aryl methyl sites for hydroxylation is 1. The highest BCUT2D eigenvalue weighted by Crippen LogP contribution is 2.13. The van der Waals surface area contributed by atoms with E-state index in [9.17, 15) is 4.79 Å². The summed E-state index contributed by atoms with van der Waals surface area (Å²) >= 11 is 0. The molecule has 0 amide bonds. The molecule has 1 heterocycles. The second-order valence-corrected chi connectivity index (χ2v) is 4.43. The summed E-state index contributed by atoms with van der Waals surface area (Å²) in [7, 11) is 3.09. The highest BCUT2D eigenvalue weighted by atomic mass is 16.5. The lowest BCUT2D eigenvalue weighted by Crippen LogP contribution is -2.15. The molecule has 1 rings (SSSR count). The highest BCUT2D eigenvalue weighted by Gasteiger charge is 2.12. The third-order valence-electron chi connectivity index (χ3n) is 3.10. The van der Waals surface area contributed by atoms with Gasteiger partial charge in [0.2, 0.25) is 0 Å². The number of ether oxygens (including phenoxy) is 2. The molecule has 1 unspecified atom stereocenters. The molecule has 0 aromatic carbocycles. The van der Waals surface area contributed by atoms with E-state index in [2.05, 4.69) is 4.74 Å². The maximum absolute atomic E-state index is 11.6.